The van der Waals surface area contributed by atoms with E-state index in [1.807, 2.05) is 0 Å². The third-order valence-corrected chi connectivity index (χ3v) is 6.07. The van der Waals surface area contributed by atoms with Gasteiger partial charge in [-0.3, -0.25) is 9.59 Å². The van der Waals surface area contributed by atoms with E-state index in [1.54, 1.807) is 42.5 Å². The first kappa shape index (κ1) is 22.2. The molecule has 2 aliphatic heterocycles. The molecule has 32 heavy (non-hydrogen) atoms. The van der Waals surface area contributed by atoms with Crippen LogP contribution in [0.5, 0.6) is 11.5 Å². The lowest BCUT2D eigenvalue weighted by Crippen LogP contribution is -2.36. The van der Waals surface area contributed by atoms with Crippen LogP contribution in [-0.4, -0.2) is 55.2 Å². The van der Waals surface area contributed by atoms with Gasteiger partial charge in [-0.25, -0.2) is 0 Å². The molecule has 2 aromatic rings. The minimum absolute atomic E-state index is 0.0122. The Bertz CT molecular complexity index is 1060. The molecule has 2 fully saturated rings. The number of carbonyl (C=O) groups is 2. The third-order valence-electron chi connectivity index (χ3n) is 5.81. The molecule has 168 valence electrons. The number of Topliss-reactive ketones (excluding diaryl/α,β-unsaturated/α-hetero) is 1. The fourth-order valence-corrected chi connectivity index (χ4v) is 4.34. The summed E-state index contributed by atoms with van der Waals surface area (Å²) in [5, 5.41) is 11.6. The standard InChI is InChI=1S/C24H24ClNO6/c1-30-16-9-10-19(31-2)18(12-16)21-20(22(27)14-5-7-15(25)8-6-14)23(28)24(29)26(21)13-17-4-3-11-32-17/h5-10,12,17,21,27H,3-4,11,13H2,1-2H3/b22-20+. The van der Waals surface area contributed by atoms with Crippen molar-refractivity contribution in [2.45, 2.75) is 25.0 Å². The fourth-order valence-electron chi connectivity index (χ4n) is 4.22. The normalized spacial score (nSPS) is 22.4. The SMILES string of the molecule is COc1ccc(OC)c(C2/C(=C(\O)c3ccc(Cl)cc3)C(=O)C(=O)N2CC2CCCO2)c1. The number of ketones is 1. The van der Waals surface area contributed by atoms with E-state index in [9.17, 15) is 14.7 Å². The van der Waals surface area contributed by atoms with Crippen LogP contribution in [0.2, 0.25) is 5.02 Å². The number of likely N-dealkylation sites (tertiary alicyclic amines) is 1. The topological polar surface area (TPSA) is 85.3 Å². The molecule has 1 N–H and O–H groups in total. The number of halogens is 1. The predicted octanol–water partition coefficient (Wildman–Crippen LogP) is 3.96. The molecule has 0 bridgehead atoms. The first-order chi connectivity index (χ1) is 15.4. The Labute approximate surface area is 191 Å². The van der Waals surface area contributed by atoms with Gasteiger partial charge in [-0.15, -0.1) is 0 Å². The lowest BCUT2D eigenvalue weighted by atomic mass is 9.94. The molecular formula is C24H24ClNO6. The van der Waals surface area contributed by atoms with E-state index in [1.165, 1.54) is 19.1 Å². The fraction of sp³-hybridized carbons (Fsp3) is 0.333. The Balaban J connectivity index is 1.89. The van der Waals surface area contributed by atoms with Crippen molar-refractivity contribution < 1.29 is 28.9 Å². The zero-order valence-electron chi connectivity index (χ0n) is 17.8. The first-order valence-corrected chi connectivity index (χ1v) is 10.7. The van der Waals surface area contributed by atoms with E-state index in [0.29, 0.717) is 34.3 Å². The van der Waals surface area contributed by atoms with E-state index in [2.05, 4.69) is 0 Å². The summed E-state index contributed by atoms with van der Waals surface area (Å²) in [6.45, 7) is 0.847. The molecule has 2 aromatic carbocycles. The first-order valence-electron chi connectivity index (χ1n) is 10.3. The summed E-state index contributed by atoms with van der Waals surface area (Å²) in [6, 6.07) is 10.7. The lowest BCUT2D eigenvalue weighted by Gasteiger charge is -2.28. The molecule has 7 nitrogen and oxygen atoms in total. The number of carbonyl (C=O) groups excluding carboxylic acids is 2. The van der Waals surface area contributed by atoms with E-state index in [-0.39, 0.29) is 24.0 Å². The van der Waals surface area contributed by atoms with Crippen LogP contribution in [-0.2, 0) is 14.3 Å². The van der Waals surface area contributed by atoms with Crippen LogP contribution in [0, 0.1) is 0 Å². The van der Waals surface area contributed by atoms with Crippen molar-refractivity contribution >= 4 is 29.1 Å². The number of nitrogens with zero attached hydrogens (tertiary/aromatic N) is 1. The highest BCUT2D eigenvalue weighted by atomic mass is 35.5. The van der Waals surface area contributed by atoms with Gasteiger partial charge in [0.05, 0.1) is 31.9 Å². The quantitative estimate of drug-likeness (QED) is 0.401. The molecule has 2 unspecified atom stereocenters. The highest BCUT2D eigenvalue weighted by molar-refractivity contribution is 6.46. The van der Waals surface area contributed by atoms with Gasteiger partial charge in [0, 0.05) is 29.3 Å². The molecule has 0 spiro atoms. The second-order valence-corrected chi connectivity index (χ2v) is 8.14. The average Bonchev–Trinajstić information content (AvgIpc) is 3.41. The number of rotatable bonds is 6. The summed E-state index contributed by atoms with van der Waals surface area (Å²) >= 11 is 5.97. The van der Waals surface area contributed by atoms with Crippen LogP contribution in [0.3, 0.4) is 0 Å². The number of hydrogen-bond donors (Lipinski definition) is 1. The van der Waals surface area contributed by atoms with E-state index < -0.39 is 17.7 Å². The summed E-state index contributed by atoms with van der Waals surface area (Å²) < 4.78 is 16.6. The molecule has 0 aromatic heterocycles. The molecular weight excluding hydrogens is 434 g/mol. The van der Waals surface area contributed by atoms with Crippen molar-refractivity contribution in [3.63, 3.8) is 0 Å². The minimum atomic E-state index is -0.861. The number of ether oxygens (including phenoxy) is 3. The number of aliphatic hydroxyl groups is 1. The van der Waals surface area contributed by atoms with Crippen molar-refractivity contribution in [1.82, 2.24) is 4.90 Å². The highest BCUT2D eigenvalue weighted by Gasteiger charge is 2.48. The summed E-state index contributed by atoms with van der Waals surface area (Å²) in [7, 11) is 3.04. The predicted molar refractivity (Wildman–Crippen MR) is 119 cm³/mol. The zero-order chi connectivity index (χ0) is 22.8. The van der Waals surface area contributed by atoms with Crippen molar-refractivity contribution in [2.24, 2.45) is 0 Å². The van der Waals surface area contributed by atoms with E-state index in [4.69, 9.17) is 25.8 Å². The molecule has 2 atom stereocenters. The summed E-state index contributed by atoms with van der Waals surface area (Å²) in [5.41, 5.74) is 0.915. The van der Waals surface area contributed by atoms with Crippen molar-refractivity contribution in [3.8, 4) is 11.5 Å². The van der Waals surface area contributed by atoms with Gasteiger partial charge in [-0.2, -0.15) is 0 Å². The van der Waals surface area contributed by atoms with Gasteiger partial charge in [0.1, 0.15) is 17.3 Å². The van der Waals surface area contributed by atoms with Gasteiger partial charge in [-0.1, -0.05) is 11.6 Å². The van der Waals surface area contributed by atoms with Gasteiger partial charge in [0.2, 0.25) is 0 Å². The molecule has 0 saturated carbocycles. The number of amides is 1. The molecule has 1 amide bonds. The van der Waals surface area contributed by atoms with Crippen LogP contribution in [0.25, 0.3) is 5.76 Å². The molecule has 4 rings (SSSR count). The van der Waals surface area contributed by atoms with Crippen LogP contribution >= 0.6 is 11.6 Å². The van der Waals surface area contributed by atoms with Crippen LogP contribution in [0.4, 0.5) is 0 Å². The van der Waals surface area contributed by atoms with E-state index >= 15 is 0 Å². The smallest absolute Gasteiger partial charge is 0.295 e. The summed E-state index contributed by atoms with van der Waals surface area (Å²) in [4.78, 5) is 27.7. The number of hydrogen-bond acceptors (Lipinski definition) is 6. The van der Waals surface area contributed by atoms with Crippen molar-refractivity contribution in [1.29, 1.82) is 0 Å². The average molecular weight is 458 g/mol. The maximum atomic E-state index is 13.2. The van der Waals surface area contributed by atoms with Gasteiger partial charge in [0.15, 0.2) is 0 Å². The maximum Gasteiger partial charge on any atom is 0.295 e. The van der Waals surface area contributed by atoms with Crippen molar-refractivity contribution in [2.75, 3.05) is 27.4 Å². The molecule has 0 aliphatic carbocycles. The molecule has 2 saturated heterocycles. The Morgan fingerprint density at radius 2 is 1.91 bits per heavy atom. The number of methoxy groups -OCH3 is 2. The van der Waals surface area contributed by atoms with Gasteiger partial charge < -0.3 is 24.2 Å². The second kappa shape index (κ2) is 9.22. The minimum Gasteiger partial charge on any atom is -0.507 e. The Hall–Kier alpha value is -3.03. The Morgan fingerprint density at radius 1 is 1.16 bits per heavy atom. The van der Waals surface area contributed by atoms with Crippen molar-refractivity contribution in [3.05, 3.63) is 64.2 Å². The van der Waals surface area contributed by atoms with Crippen LogP contribution in [0.1, 0.15) is 30.0 Å². The third kappa shape index (κ3) is 4.06. The maximum absolute atomic E-state index is 13.2. The second-order valence-electron chi connectivity index (χ2n) is 7.70. The number of aliphatic hydroxyl groups excluding tert-OH is 1. The number of benzene rings is 2. The Kier molecular flexibility index (Phi) is 6.39. The molecule has 0 radical (unpaired) electrons. The van der Waals surface area contributed by atoms with E-state index in [0.717, 1.165) is 12.8 Å². The van der Waals surface area contributed by atoms with Crippen LogP contribution in [0.15, 0.2) is 48.0 Å². The molecule has 2 aliphatic rings. The summed E-state index contributed by atoms with van der Waals surface area (Å²) in [5.74, 6) is -0.715. The summed E-state index contributed by atoms with van der Waals surface area (Å²) in [6.07, 6.45) is 1.51. The molecule has 8 heteroatoms. The van der Waals surface area contributed by atoms with Gasteiger partial charge in [-0.05, 0) is 55.3 Å². The monoisotopic (exact) mass is 457 g/mol. The Morgan fingerprint density at radius 3 is 2.53 bits per heavy atom. The zero-order valence-corrected chi connectivity index (χ0v) is 18.6. The highest BCUT2D eigenvalue weighted by Crippen LogP contribution is 2.44. The van der Waals surface area contributed by atoms with Gasteiger partial charge in [0.25, 0.3) is 11.7 Å². The lowest BCUT2D eigenvalue weighted by molar-refractivity contribution is -0.140. The largest absolute Gasteiger partial charge is 0.507 e. The van der Waals surface area contributed by atoms with Gasteiger partial charge >= 0.3 is 0 Å². The molecule has 2 heterocycles. The van der Waals surface area contributed by atoms with Crippen LogP contribution < -0.4 is 9.47 Å².